The molecule has 3 aliphatic rings. The number of allylic oxidation sites excluding steroid dienone is 1. The van der Waals surface area contributed by atoms with Crippen LogP contribution in [0.25, 0.3) is 16.9 Å². The van der Waals surface area contributed by atoms with Crippen molar-refractivity contribution in [3.63, 3.8) is 0 Å². The summed E-state index contributed by atoms with van der Waals surface area (Å²) in [5, 5.41) is 0. The molecule has 5 heteroatoms. The van der Waals surface area contributed by atoms with Gasteiger partial charge in [0.25, 0.3) is 0 Å². The average molecular weight is 511 g/mol. The first kappa shape index (κ1) is 25.9. The number of unbranched alkanes of at least 4 members (excludes halogenated alkanes) is 2. The zero-order valence-corrected chi connectivity index (χ0v) is 21.7. The van der Waals surface area contributed by atoms with Crippen LogP contribution >= 0.6 is 0 Å². The number of ether oxygens (including phenoxy) is 1. The normalized spacial score (nSPS) is 22.4. The molecule has 2 aliphatic carbocycles. The second kappa shape index (κ2) is 10.9. The van der Waals surface area contributed by atoms with E-state index in [1.165, 1.54) is 70.4 Å². The number of hydrogen-bond donors (Lipinski definition) is 0. The lowest BCUT2D eigenvalue weighted by Gasteiger charge is -2.35. The van der Waals surface area contributed by atoms with Gasteiger partial charge in [-0.05, 0) is 79.7 Å². The number of benzene rings is 2. The molecule has 1 unspecified atom stereocenters. The van der Waals surface area contributed by atoms with Gasteiger partial charge < -0.3 is 4.74 Å². The minimum Gasteiger partial charge on any atom is -0.493 e. The Morgan fingerprint density at radius 2 is 1.57 bits per heavy atom. The fourth-order valence-electron chi connectivity index (χ4n) is 6.52. The van der Waals surface area contributed by atoms with Crippen molar-refractivity contribution in [3.05, 3.63) is 63.7 Å². The summed E-state index contributed by atoms with van der Waals surface area (Å²) in [6.07, 6.45) is 13.0. The zero-order chi connectivity index (χ0) is 26.1. The Bertz CT molecular complexity index is 1270. The highest BCUT2D eigenvalue weighted by Gasteiger charge is 2.34. The molecule has 1 fully saturated rings. The van der Waals surface area contributed by atoms with Crippen molar-refractivity contribution in [2.24, 2.45) is 17.8 Å². The molecule has 0 bridgehead atoms. The van der Waals surface area contributed by atoms with Crippen molar-refractivity contribution in [1.82, 2.24) is 0 Å². The van der Waals surface area contributed by atoms with Crippen LogP contribution in [0.2, 0.25) is 0 Å². The Morgan fingerprint density at radius 1 is 0.865 bits per heavy atom. The second-order valence-electron chi connectivity index (χ2n) is 10.9. The maximum atomic E-state index is 15.3. The summed E-state index contributed by atoms with van der Waals surface area (Å²) in [6, 6.07) is 2.96. The molecule has 37 heavy (non-hydrogen) atoms. The Labute approximate surface area is 217 Å². The zero-order valence-electron chi connectivity index (χ0n) is 21.7. The number of fused-ring (bicyclic) bond motifs is 3. The van der Waals surface area contributed by atoms with E-state index in [2.05, 4.69) is 18.8 Å². The van der Waals surface area contributed by atoms with Gasteiger partial charge >= 0.3 is 0 Å². The highest BCUT2D eigenvalue weighted by Crippen LogP contribution is 2.45. The largest absolute Gasteiger partial charge is 0.493 e. The molecule has 5 rings (SSSR count). The first-order valence-corrected chi connectivity index (χ1v) is 13.7. The van der Waals surface area contributed by atoms with Gasteiger partial charge in [-0.3, -0.25) is 0 Å². The van der Waals surface area contributed by atoms with E-state index in [-0.39, 0.29) is 28.7 Å². The van der Waals surface area contributed by atoms with E-state index in [0.717, 1.165) is 12.3 Å². The minimum atomic E-state index is -1.18. The summed E-state index contributed by atoms with van der Waals surface area (Å²) in [5.74, 6) is 2.72. The Balaban J connectivity index is 1.32. The van der Waals surface area contributed by atoms with Crippen molar-refractivity contribution in [2.75, 3.05) is 6.61 Å². The van der Waals surface area contributed by atoms with Crippen LogP contribution in [0.15, 0.2) is 18.2 Å². The Morgan fingerprint density at radius 3 is 2.22 bits per heavy atom. The number of halogens is 4. The van der Waals surface area contributed by atoms with Crippen LogP contribution in [0.3, 0.4) is 0 Å². The summed E-state index contributed by atoms with van der Waals surface area (Å²) in [4.78, 5) is 0. The molecule has 1 saturated carbocycles. The lowest BCUT2D eigenvalue weighted by atomic mass is 9.73. The maximum absolute atomic E-state index is 15.3. The molecule has 196 valence electrons. The van der Waals surface area contributed by atoms with Crippen molar-refractivity contribution >= 4 is 5.76 Å². The van der Waals surface area contributed by atoms with E-state index in [1.54, 1.807) is 0 Å². The van der Waals surface area contributed by atoms with Gasteiger partial charge in [0.1, 0.15) is 5.76 Å². The van der Waals surface area contributed by atoms with Gasteiger partial charge in [0.2, 0.25) is 0 Å². The van der Waals surface area contributed by atoms with Crippen molar-refractivity contribution < 1.29 is 22.3 Å². The lowest BCUT2D eigenvalue weighted by molar-refractivity contribution is 0.116. The van der Waals surface area contributed by atoms with E-state index >= 15 is 8.78 Å². The van der Waals surface area contributed by atoms with Crippen molar-refractivity contribution in [2.45, 2.75) is 78.1 Å². The predicted molar refractivity (Wildman–Crippen MR) is 139 cm³/mol. The highest BCUT2D eigenvalue weighted by molar-refractivity contribution is 5.81. The topological polar surface area (TPSA) is 9.23 Å². The Hall–Kier alpha value is -2.74. The van der Waals surface area contributed by atoms with E-state index in [9.17, 15) is 8.78 Å². The summed E-state index contributed by atoms with van der Waals surface area (Å²) in [5.41, 5.74) is 0.404. The first-order chi connectivity index (χ1) is 17.9. The van der Waals surface area contributed by atoms with Crippen LogP contribution in [0.4, 0.5) is 17.6 Å². The summed E-state index contributed by atoms with van der Waals surface area (Å²) in [6.45, 7) is 4.26. The van der Waals surface area contributed by atoms with Gasteiger partial charge in [-0.15, -0.1) is 5.92 Å². The van der Waals surface area contributed by atoms with Crippen LogP contribution < -0.4 is 0 Å². The van der Waals surface area contributed by atoms with Crippen molar-refractivity contribution in [3.8, 4) is 23.0 Å². The maximum Gasteiger partial charge on any atom is 0.175 e. The molecule has 0 amide bonds. The SMILES string of the molecule is CC#Cc1cc2c(c(F)c1F)-c1c(cc(C3=CCC(C4CCC(CCCCC)CC4)CO3)c(F)c1F)C2. The Kier molecular flexibility index (Phi) is 7.65. The first-order valence-electron chi connectivity index (χ1n) is 13.7. The van der Waals surface area contributed by atoms with Crippen LogP contribution in [-0.2, 0) is 11.2 Å². The third kappa shape index (κ3) is 4.92. The van der Waals surface area contributed by atoms with Crippen LogP contribution in [0.1, 0.15) is 93.9 Å². The molecule has 1 aliphatic heterocycles. The van der Waals surface area contributed by atoms with E-state index in [4.69, 9.17) is 4.74 Å². The smallest absolute Gasteiger partial charge is 0.175 e. The monoisotopic (exact) mass is 510 g/mol. The third-order valence-corrected chi connectivity index (χ3v) is 8.57. The third-order valence-electron chi connectivity index (χ3n) is 8.57. The standard InChI is InChI=1S/C32H34F4O/c1-3-5-6-8-19-9-11-20(12-10-19)22-13-14-26(37-18-22)25-17-24-16-23-15-21(7-4-2)29(33)31(35)27(23)28(24)32(36)30(25)34/h14-15,17,19-20,22H,3,5-6,8-13,16,18H2,1-2H3. The minimum absolute atomic E-state index is 0.0524. The van der Waals surface area contributed by atoms with E-state index in [0.29, 0.717) is 35.3 Å². The van der Waals surface area contributed by atoms with Crippen molar-refractivity contribution in [1.29, 1.82) is 0 Å². The molecule has 0 N–H and O–H groups in total. The molecule has 0 saturated heterocycles. The molecule has 2 aromatic carbocycles. The fourth-order valence-corrected chi connectivity index (χ4v) is 6.52. The average Bonchev–Trinajstić information content (AvgIpc) is 3.28. The van der Waals surface area contributed by atoms with Crippen LogP contribution in [0.5, 0.6) is 0 Å². The molecular weight excluding hydrogens is 476 g/mol. The summed E-state index contributed by atoms with van der Waals surface area (Å²) < 4.78 is 65.9. The lowest BCUT2D eigenvalue weighted by Crippen LogP contribution is -2.27. The van der Waals surface area contributed by atoms with Gasteiger partial charge in [0.05, 0.1) is 17.7 Å². The number of hydrogen-bond acceptors (Lipinski definition) is 1. The molecular formula is C32H34F4O. The molecule has 2 aromatic rings. The van der Waals surface area contributed by atoms with Gasteiger partial charge in [-0.2, -0.15) is 0 Å². The van der Waals surface area contributed by atoms with E-state index < -0.39 is 23.3 Å². The molecule has 0 spiro atoms. The summed E-state index contributed by atoms with van der Waals surface area (Å²) >= 11 is 0. The fraction of sp³-hybridized carbons (Fsp3) is 0.500. The number of rotatable bonds is 6. The van der Waals surface area contributed by atoms with Gasteiger partial charge in [0.15, 0.2) is 23.3 Å². The van der Waals surface area contributed by atoms with E-state index in [1.807, 2.05) is 6.08 Å². The highest BCUT2D eigenvalue weighted by atomic mass is 19.2. The predicted octanol–water partition coefficient (Wildman–Crippen LogP) is 8.95. The second-order valence-corrected chi connectivity index (χ2v) is 10.9. The van der Waals surface area contributed by atoms with Gasteiger partial charge in [-0.1, -0.05) is 51.4 Å². The van der Waals surface area contributed by atoms with Gasteiger partial charge in [0, 0.05) is 11.1 Å². The molecule has 1 nitrogen and oxygen atoms in total. The van der Waals surface area contributed by atoms with Crippen LogP contribution in [0, 0.1) is 52.9 Å². The van der Waals surface area contributed by atoms with Crippen LogP contribution in [-0.4, -0.2) is 6.61 Å². The molecule has 0 aromatic heterocycles. The molecule has 1 heterocycles. The van der Waals surface area contributed by atoms with Gasteiger partial charge in [-0.25, -0.2) is 17.6 Å². The molecule has 1 atom stereocenters. The molecule has 0 radical (unpaired) electrons. The quantitative estimate of drug-likeness (QED) is 0.183. The summed E-state index contributed by atoms with van der Waals surface area (Å²) in [7, 11) is 0.